The van der Waals surface area contributed by atoms with Crippen LogP contribution in [0.5, 0.6) is 5.75 Å². The van der Waals surface area contributed by atoms with Crippen LogP contribution in [0.15, 0.2) is 36.7 Å². The van der Waals surface area contributed by atoms with E-state index < -0.39 is 0 Å². The van der Waals surface area contributed by atoms with Crippen molar-refractivity contribution < 1.29 is 9.90 Å². The Morgan fingerprint density at radius 2 is 2.05 bits per heavy atom. The summed E-state index contributed by atoms with van der Waals surface area (Å²) in [4.78, 5) is 14.0. The van der Waals surface area contributed by atoms with Crippen LogP contribution in [0.4, 0.5) is 0 Å². The van der Waals surface area contributed by atoms with Gasteiger partial charge < -0.3 is 5.11 Å². The molecule has 1 N–H and O–H groups in total. The molecule has 0 spiro atoms. The molecule has 0 saturated heterocycles. The maximum absolute atomic E-state index is 12.0. The third-order valence-electron chi connectivity index (χ3n) is 2.81. The SMILES string of the molecule is CN(CC(=O)c1ccc(O)cc1)Cc1cnn(C)c1. The predicted octanol–water partition coefficient (Wildman–Crippen LogP) is 1.44. The first kappa shape index (κ1) is 13.3. The smallest absolute Gasteiger partial charge is 0.176 e. The Labute approximate surface area is 112 Å². The van der Waals surface area contributed by atoms with E-state index in [4.69, 9.17) is 0 Å². The highest BCUT2D eigenvalue weighted by atomic mass is 16.3. The summed E-state index contributed by atoms with van der Waals surface area (Å²) >= 11 is 0. The molecule has 0 radical (unpaired) electrons. The summed E-state index contributed by atoms with van der Waals surface area (Å²) < 4.78 is 1.74. The minimum Gasteiger partial charge on any atom is -0.508 e. The van der Waals surface area contributed by atoms with Crippen LogP contribution in [0.25, 0.3) is 0 Å². The second-order valence-electron chi connectivity index (χ2n) is 4.66. The average molecular weight is 259 g/mol. The van der Waals surface area contributed by atoms with E-state index in [0.29, 0.717) is 18.7 Å². The van der Waals surface area contributed by atoms with Crippen molar-refractivity contribution in [3.8, 4) is 5.75 Å². The lowest BCUT2D eigenvalue weighted by molar-refractivity contribution is 0.0943. The fourth-order valence-electron chi connectivity index (χ4n) is 1.90. The molecule has 0 atom stereocenters. The first-order chi connectivity index (χ1) is 9.04. The van der Waals surface area contributed by atoms with Crippen LogP contribution < -0.4 is 0 Å². The number of likely N-dealkylation sites (N-methyl/N-ethyl adjacent to an activating group) is 1. The van der Waals surface area contributed by atoms with E-state index in [1.165, 1.54) is 12.1 Å². The molecule has 2 rings (SSSR count). The minimum atomic E-state index is 0.0337. The fourth-order valence-corrected chi connectivity index (χ4v) is 1.90. The topological polar surface area (TPSA) is 58.4 Å². The number of benzene rings is 1. The molecule has 0 bridgehead atoms. The molecule has 5 heteroatoms. The number of phenolic OH excluding ortho intramolecular Hbond substituents is 1. The Morgan fingerprint density at radius 3 is 2.63 bits per heavy atom. The molecule has 19 heavy (non-hydrogen) atoms. The quantitative estimate of drug-likeness (QED) is 0.825. The summed E-state index contributed by atoms with van der Waals surface area (Å²) in [5, 5.41) is 13.3. The Kier molecular flexibility index (Phi) is 3.97. The molecule has 0 amide bonds. The zero-order valence-electron chi connectivity index (χ0n) is 11.1. The van der Waals surface area contributed by atoms with Gasteiger partial charge in [0.2, 0.25) is 0 Å². The van der Waals surface area contributed by atoms with E-state index in [9.17, 15) is 9.90 Å². The van der Waals surface area contributed by atoms with Gasteiger partial charge in [-0.3, -0.25) is 14.4 Å². The standard InChI is InChI=1S/C14H17N3O2/c1-16(8-11-7-15-17(2)9-11)10-14(19)12-3-5-13(18)6-4-12/h3-7,9,18H,8,10H2,1-2H3. The number of aromatic nitrogens is 2. The van der Waals surface area contributed by atoms with Crippen molar-refractivity contribution in [1.82, 2.24) is 14.7 Å². The van der Waals surface area contributed by atoms with Crippen molar-refractivity contribution in [2.75, 3.05) is 13.6 Å². The van der Waals surface area contributed by atoms with E-state index in [1.807, 2.05) is 25.2 Å². The molecule has 2 aromatic rings. The molecule has 0 unspecified atom stereocenters. The van der Waals surface area contributed by atoms with E-state index in [1.54, 1.807) is 23.0 Å². The molecule has 1 heterocycles. The Balaban J connectivity index is 1.93. The first-order valence-electron chi connectivity index (χ1n) is 6.03. The summed E-state index contributed by atoms with van der Waals surface area (Å²) in [5.41, 5.74) is 1.68. The van der Waals surface area contributed by atoms with Gasteiger partial charge in [0.25, 0.3) is 0 Å². The number of carbonyl (C=O) groups excluding carboxylic acids is 1. The lowest BCUT2D eigenvalue weighted by Crippen LogP contribution is -2.25. The number of hydrogen-bond acceptors (Lipinski definition) is 4. The summed E-state index contributed by atoms with van der Waals surface area (Å²) in [7, 11) is 3.76. The summed E-state index contributed by atoms with van der Waals surface area (Å²) in [6.45, 7) is 1.01. The van der Waals surface area contributed by atoms with E-state index in [-0.39, 0.29) is 11.5 Å². The summed E-state index contributed by atoms with van der Waals surface area (Å²) in [6.07, 6.45) is 3.73. The van der Waals surface area contributed by atoms with E-state index in [2.05, 4.69) is 5.10 Å². The van der Waals surface area contributed by atoms with Crippen LogP contribution in [0.1, 0.15) is 15.9 Å². The molecule has 0 aliphatic carbocycles. The van der Waals surface area contributed by atoms with Crippen LogP contribution >= 0.6 is 0 Å². The third kappa shape index (κ3) is 3.66. The molecule has 1 aromatic heterocycles. The highest BCUT2D eigenvalue weighted by Gasteiger charge is 2.10. The zero-order valence-corrected chi connectivity index (χ0v) is 11.1. The number of nitrogens with zero attached hydrogens (tertiary/aromatic N) is 3. The largest absolute Gasteiger partial charge is 0.508 e. The van der Waals surface area contributed by atoms with Gasteiger partial charge >= 0.3 is 0 Å². The van der Waals surface area contributed by atoms with Crippen LogP contribution in [0.2, 0.25) is 0 Å². The number of ketones is 1. The Bertz CT molecular complexity index is 560. The highest BCUT2D eigenvalue weighted by Crippen LogP contribution is 2.11. The number of aromatic hydroxyl groups is 1. The van der Waals surface area contributed by atoms with E-state index >= 15 is 0 Å². The van der Waals surface area contributed by atoms with Gasteiger partial charge in [0.05, 0.1) is 12.7 Å². The Morgan fingerprint density at radius 1 is 1.37 bits per heavy atom. The highest BCUT2D eigenvalue weighted by molar-refractivity contribution is 5.97. The second-order valence-corrected chi connectivity index (χ2v) is 4.66. The predicted molar refractivity (Wildman–Crippen MR) is 72.0 cm³/mol. The van der Waals surface area contributed by atoms with Gasteiger partial charge in [-0.05, 0) is 31.3 Å². The lowest BCUT2D eigenvalue weighted by atomic mass is 10.1. The van der Waals surface area contributed by atoms with E-state index in [0.717, 1.165) is 5.56 Å². The van der Waals surface area contributed by atoms with Gasteiger partial charge in [0, 0.05) is 30.9 Å². The van der Waals surface area contributed by atoms with Gasteiger partial charge in [-0.15, -0.1) is 0 Å². The molecule has 0 aliphatic heterocycles. The normalized spacial score (nSPS) is 10.9. The number of rotatable bonds is 5. The molecule has 1 aromatic carbocycles. The summed E-state index contributed by atoms with van der Waals surface area (Å²) in [6, 6.07) is 6.31. The van der Waals surface area contributed by atoms with Crippen LogP contribution in [-0.2, 0) is 13.6 Å². The molecule has 5 nitrogen and oxygen atoms in total. The molecule has 100 valence electrons. The molecule has 0 saturated carbocycles. The second kappa shape index (κ2) is 5.67. The van der Waals surface area contributed by atoms with Crippen LogP contribution in [0.3, 0.4) is 0 Å². The van der Waals surface area contributed by atoms with Crippen molar-refractivity contribution in [3.05, 3.63) is 47.8 Å². The number of Topliss-reactive ketones (excluding diaryl/α,β-unsaturated/α-hetero) is 1. The number of phenols is 1. The van der Waals surface area contributed by atoms with Crippen LogP contribution in [-0.4, -0.2) is 39.2 Å². The van der Waals surface area contributed by atoms with Crippen molar-refractivity contribution in [1.29, 1.82) is 0 Å². The van der Waals surface area contributed by atoms with Crippen molar-refractivity contribution >= 4 is 5.78 Å². The van der Waals surface area contributed by atoms with Gasteiger partial charge in [-0.1, -0.05) is 0 Å². The molecular formula is C14H17N3O2. The molecular weight excluding hydrogens is 242 g/mol. The van der Waals surface area contributed by atoms with Crippen molar-refractivity contribution in [2.24, 2.45) is 7.05 Å². The van der Waals surface area contributed by atoms with Gasteiger partial charge in [0.1, 0.15) is 5.75 Å². The molecule has 0 aliphatic rings. The molecule has 0 fully saturated rings. The number of carbonyl (C=O) groups is 1. The number of aryl methyl sites for hydroxylation is 1. The van der Waals surface area contributed by atoms with Gasteiger partial charge in [-0.25, -0.2) is 0 Å². The number of hydrogen-bond donors (Lipinski definition) is 1. The fraction of sp³-hybridized carbons (Fsp3) is 0.286. The zero-order chi connectivity index (χ0) is 13.8. The maximum Gasteiger partial charge on any atom is 0.176 e. The van der Waals surface area contributed by atoms with Crippen molar-refractivity contribution in [2.45, 2.75) is 6.54 Å². The lowest BCUT2D eigenvalue weighted by Gasteiger charge is -2.14. The van der Waals surface area contributed by atoms with Crippen LogP contribution in [0, 0.1) is 0 Å². The Hall–Kier alpha value is -2.14. The monoisotopic (exact) mass is 259 g/mol. The van der Waals surface area contributed by atoms with Gasteiger partial charge in [0.15, 0.2) is 5.78 Å². The average Bonchev–Trinajstić information content (AvgIpc) is 2.75. The summed E-state index contributed by atoms with van der Waals surface area (Å²) in [5.74, 6) is 0.201. The maximum atomic E-state index is 12.0. The minimum absolute atomic E-state index is 0.0337. The first-order valence-corrected chi connectivity index (χ1v) is 6.03. The van der Waals surface area contributed by atoms with Crippen molar-refractivity contribution in [3.63, 3.8) is 0 Å². The van der Waals surface area contributed by atoms with Gasteiger partial charge in [-0.2, -0.15) is 5.10 Å². The third-order valence-corrected chi connectivity index (χ3v) is 2.81.